The van der Waals surface area contributed by atoms with Crippen LogP contribution >= 0.6 is 0 Å². The molecule has 0 spiro atoms. The van der Waals surface area contributed by atoms with Gasteiger partial charge < -0.3 is 14.3 Å². The molecule has 0 fully saturated rings. The Bertz CT molecular complexity index is 1120. The maximum Gasteiger partial charge on any atom is 0.286 e. The average Bonchev–Trinajstić information content (AvgIpc) is 3.41. The smallest absolute Gasteiger partial charge is 0.286 e. The molecule has 0 aliphatic carbocycles. The molecule has 0 atom stereocenters. The van der Waals surface area contributed by atoms with Crippen LogP contribution in [0, 0.1) is 0 Å². The zero-order chi connectivity index (χ0) is 18.2. The number of nitrogens with one attached hydrogen (secondary N) is 1. The number of hydrogen-bond donors (Lipinski definition) is 1. The van der Waals surface area contributed by atoms with Gasteiger partial charge in [0.2, 0.25) is 0 Å². The number of amides is 1. The third-order valence-electron chi connectivity index (χ3n) is 5.31. The van der Waals surface area contributed by atoms with Crippen LogP contribution in [0.15, 0.2) is 71.3 Å². The van der Waals surface area contributed by atoms with Crippen LogP contribution in [0.2, 0.25) is 0 Å². The minimum Gasteiger partial charge on any atom is -0.459 e. The van der Waals surface area contributed by atoms with E-state index in [2.05, 4.69) is 58.4 Å². The molecule has 1 aliphatic rings. The summed E-state index contributed by atoms with van der Waals surface area (Å²) in [4.78, 5) is 12.0. The molecule has 0 unspecified atom stereocenters. The van der Waals surface area contributed by atoms with E-state index in [0.717, 1.165) is 19.3 Å². The Morgan fingerprint density at radius 3 is 2.78 bits per heavy atom. The van der Waals surface area contributed by atoms with Crippen molar-refractivity contribution in [3.05, 3.63) is 89.5 Å². The highest BCUT2D eigenvalue weighted by atomic mass is 16.3. The van der Waals surface area contributed by atoms with Crippen molar-refractivity contribution in [2.75, 3.05) is 6.54 Å². The summed E-state index contributed by atoms with van der Waals surface area (Å²) >= 11 is 0. The molecule has 0 radical (unpaired) electrons. The maximum absolute atomic E-state index is 12.0. The Labute approximate surface area is 157 Å². The van der Waals surface area contributed by atoms with E-state index in [9.17, 15) is 4.79 Å². The van der Waals surface area contributed by atoms with Gasteiger partial charge in [-0.25, -0.2) is 0 Å². The van der Waals surface area contributed by atoms with Crippen molar-refractivity contribution in [3.8, 4) is 5.69 Å². The predicted octanol–water partition coefficient (Wildman–Crippen LogP) is 4.49. The van der Waals surface area contributed by atoms with Gasteiger partial charge in [-0.3, -0.25) is 4.79 Å². The number of aromatic nitrogens is 1. The first kappa shape index (κ1) is 15.9. The highest BCUT2D eigenvalue weighted by Crippen LogP contribution is 2.37. The lowest BCUT2D eigenvalue weighted by Gasteiger charge is -2.05. The lowest BCUT2D eigenvalue weighted by Crippen LogP contribution is -2.24. The molecular weight excluding hydrogens is 336 g/mol. The van der Waals surface area contributed by atoms with Crippen LogP contribution < -0.4 is 5.32 Å². The zero-order valence-corrected chi connectivity index (χ0v) is 14.9. The summed E-state index contributed by atoms with van der Waals surface area (Å²) in [6.07, 6.45) is 4.32. The number of furan rings is 1. The lowest BCUT2D eigenvalue weighted by molar-refractivity contribution is 0.0925. The molecule has 3 heterocycles. The molecule has 134 valence electrons. The van der Waals surface area contributed by atoms with Gasteiger partial charge in [-0.2, -0.15) is 0 Å². The summed E-state index contributed by atoms with van der Waals surface area (Å²) < 4.78 is 7.54. The molecule has 4 heteroatoms. The summed E-state index contributed by atoms with van der Waals surface area (Å²) in [5, 5.41) is 4.26. The Morgan fingerprint density at radius 1 is 1.04 bits per heavy atom. The van der Waals surface area contributed by atoms with Gasteiger partial charge in [-0.1, -0.05) is 36.4 Å². The second kappa shape index (κ2) is 6.47. The van der Waals surface area contributed by atoms with Crippen molar-refractivity contribution in [3.63, 3.8) is 0 Å². The van der Waals surface area contributed by atoms with Crippen molar-refractivity contribution in [1.29, 1.82) is 0 Å². The van der Waals surface area contributed by atoms with Crippen LogP contribution in [-0.4, -0.2) is 17.0 Å². The van der Waals surface area contributed by atoms with E-state index in [1.807, 2.05) is 0 Å². The van der Waals surface area contributed by atoms with Crippen molar-refractivity contribution in [1.82, 2.24) is 9.88 Å². The third kappa shape index (κ3) is 2.65. The van der Waals surface area contributed by atoms with E-state index in [1.54, 1.807) is 12.1 Å². The van der Waals surface area contributed by atoms with Gasteiger partial charge in [0, 0.05) is 29.7 Å². The molecule has 5 rings (SSSR count). The van der Waals surface area contributed by atoms with Crippen LogP contribution in [0.4, 0.5) is 0 Å². The quantitative estimate of drug-likeness (QED) is 0.472. The van der Waals surface area contributed by atoms with Gasteiger partial charge >= 0.3 is 0 Å². The van der Waals surface area contributed by atoms with Crippen LogP contribution in [0.1, 0.15) is 33.8 Å². The van der Waals surface area contributed by atoms with Gasteiger partial charge in [0.1, 0.15) is 0 Å². The monoisotopic (exact) mass is 356 g/mol. The Hall–Kier alpha value is -3.27. The predicted molar refractivity (Wildman–Crippen MR) is 105 cm³/mol. The van der Waals surface area contributed by atoms with E-state index in [0.29, 0.717) is 12.3 Å². The van der Waals surface area contributed by atoms with Crippen LogP contribution in [0.25, 0.3) is 16.6 Å². The average molecular weight is 356 g/mol. The highest BCUT2D eigenvalue weighted by molar-refractivity contribution is 5.91. The lowest BCUT2D eigenvalue weighted by atomic mass is 10.0. The number of fused-ring (bicyclic) bond motifs is 5. The molecule has 4 nitrogen and oxygen atoms in total. The summed E-state index contributed by atoms with van der Waals surface area (Å²) in [6.45, 7) is 0.630. The van der Waals surface area contributed by atoms with E-state index in [4.69, 9.17) is 4.42 Å². The highest BCUT2D eigenvalue weighted by Gasteiger charge is 2.24. The molecule has 0 saturated heterocycles. The van der Waals surface area contributed by atoms with Crippen LogP contribution in [0.3, 0.4) is 0 Å². The SMILES string of the molecule is O=C(NCCCc1c2n(c3ccccc13)-c1ccccc1C2)c1ccco1. The van der Waals surface area contributed by atoms with Gasteiger partial charge in [0.25, 0.3) is 5.91 Å². The second-order valence-corrected chi connectivity index (χ2v) is 6.92. The topological polar surface area (TPSA) is 47.2 Å². The van der Waals surface area contributed by atoms with Crippen LogP contribution in [-0.2, 0) is 12.8 Å². The largest absolute Gasteiger partial charge is 0.459 e. The van der Waals surface area contributed by atoms with Gasteiger partial charge in [0.05, 0.1) is 11.8 Å². The summed E-state index contributed by atoms with van der Waals surface area (Å²) in [6, 6.07) is 20.6. The van der Waals surface area contributed by atoms with Gasteiger partial charge in [-0.15, -0.1) is 0 Å². The minimum absolute atomic E-state index is 0.153. The van der Waals surface area contributed by atoms with Crippen LogP contribution in [0.5, 0.6) is 0 Å². The summed E-state index contributed by atoms with van der Waals surface area (Å²) in [7, 11) is 0. The minimum atomic E-state index is -0.153. The number of para-hydroxylation sites is 2. The Morgan fingerprint density at radius 2 is 1.89 bits per heavy atom. The maximum atomic E-state index is 12.0. The first-order chi connectivity index (χ1) is 13.3. The standard InChI is InChI=1S/C23H20N2O2/c26-23(22-12-6-14-27-22)24-13-5-9-18-17-8-2-4-11-20(17)25-19-10-3-1-7-16(19)15-21(18)25/h1-4,6-8,10-12,14H,5,9,13,15H2,(H,24,26). The molecular formula is C23H20N2O2. The van der Waals surface area contributed by atoms with Crippen molar-refractivity contribution in [2.24, 2.45) is 0 Å². The van der Waals surface area contributed by atoms with Crippen molar-refractivity contribution in [2.45, 2.75) is 19.3 Å². The normalized spacial score (nSPS) is 12.1. The molecule has 1 N–H and O–H groups in total. The molecule has 2 aromatic carbocycles. The van der Waals surface area contributed by atoms with Gasteiger partial charge in [0.15, 0.2) is 5.76 Å². The van der Waals surface area contributed by atoms with E-state index >= 15 is 0 Å². The third-order valence-corrected chi connectivity index (χ3v) is 5.31. The molecule has 0 bridgehead atoms. The number of rotatable bonds is 5. The Balaban J connectivity index is 1.38. The molecule has 1 aliphatic heterocycles. The molecule has 1 amide bonds. The molecule has 27 heavy (non-hydrogen) atoms. The Kier molecular flexibility index (Phi) is 3.82. The molecule has 2 aromatic heterocycles. The fraction of sp³-hybridized carbons (Fsp3) is 0.174. The second-order valence-electron chi connectivity index (χ2n) is 6.92. The number of carbonyl (C=O) groups is 1. The first-order valence-electron chi connectivity index (χ1n) is 9.34. The summed E-state index contributed by atoms with van der Waals surface area (Å²) in [5.41, 5.74) is 6.72. The van der Waals surface area contributed by atoms with E-state index in [1.165, 1.54) is 39.7 Å². The number of aryl methyl sites for hydroxylation is 1. The zero-order valence-electron chi connectivity index (χ0n) is 14.9. The number of hydrogen-bond acceptors (Lipinski definition) is 2. The fourth-order valence-corrected chi connectivity index (χ4v) is 4.12. The summed E-state index contributed by atoms with van der Waals surface area (Å²) in [5.74, 6) is 0.208. The number of carbonyl (C=O) groups excluding carboxylic acids is 1. The van der Waals surface area contributed by atoms with E-state index < -0.39 is 0 Å². The first-order valence-corrected chi connectivity index (χ1v) is 9.34. The number of benzene rings is 2. The van der Waals surface area contributed by atoms with Gasteiger partial charge in [-0.05, 0) is 48.2 Å². The molecule has 4 aromatic rings. The van der Waals surface area contributed by atoms with Crippen molar-refractivity contribution < 1.29 is 9.21 Å². The van der Waals surface area contributed by atoms with Crippen molar-refractivity contribution >= 4 is 16.8 Å². The molecule has 0 saturated carbocycles. The fourth-order valence-electron chi connectivity index (χ4n) is 4.12. The number of nitrogens with zero attached hydrogens (tertiary/aromatic N) is 1. The van der Waals surface area contributed by atoms with E-state index in [-0.39, 0.29) is 5.91 Å².